The lowest BCUT2D eigenvalue weighted by Gasteiger charge is -2.12. The maximum atomic E-state index is 13.4. The molecule has 0 saturated carbocycles. The molecule has 2 N–H and O–H groups in total. The van der Waals surface area contributed by atoms with Gasteiger partial charge in [0.05, 0.1) is 5.69 Å². The summed E-state index contributed by atoms with van der Waals surface area (Å²) in [5.74, 6) is -0.765. The summed E-state index contributed by atoms with van der Waals surface area (Å²) >= 11 is 0. The van der Waals surface area contributed by atoms with E-state index in [9.17, 15) is 9.59 Å². The molecule has 1 heterocycles. The van der Waals surface area contributed by atoms with E-state index < -0.39 is 5.91 Å². The third-order valence-electron chi connectivity index (χ3n) is 6.21. The second-order valence-electron chi connectivity index (χ2n) is 9.13. The van der Waals surface area contributed by atoms with Crippen LogP contribution in [0.4, 0.5) is 0 Å². The van der Waals surface area contributed by atoms with Crippen molar-refractivity contribution in [3.05, 3.63) is 149 Å². The maximum absolute atomic E-state index is 13.4. The molecule has 0 saturated heterocycles. The zero-order valence-corrected chi connectivity index (χ0v) is 21.5. The standard InChI is InChI=1S/C33H28N4O2/c1-24-17-19-27(20-18-24)32(38)35-30(33(39)34-22-25-11-5-2-6-12-25)21-28-23-37(29-15-9-4-10-16-29)36-31(28)26-13-7-3-8-14-26/h2-21,23H,22H2,1H3,(H,34,39)(H,35,38)/b30-21-. The molecule has 6 heteroatoms. The van der Waals surface area contributed by atoms with Crippen LogP contribution in [-0.4, -0.2) is 21.6 Å². The van der Waals surface area contributed by atoms with Gasteiger partial charge in [-0.1, -0.05) is 96.6 Å². The lowest BCUT2D eigenvalue weighted by Crippen LogP contribution is -2.34. The summed E-state index contributed by atoms with van der Waals surface area (Å²) in [6.07, 6.45) is 3.54. The van der Waals surface area contributed by atoms with Gasteiger partial charge in [-0.2, -0.15) is 5.10 Å². The average molecular weight is 513 g/mol. The Balaban J connectivity index is 1.54. The molecule has 5 aromatic rings. The van der Waals surface area contributed by atoms with Gasteiger partial charge in [0, 0.05) is 29.4 Å². The van der Waals surface area contributed by atoms with E-state index in [4.69, 9.17) is 5.10 Å². The summed E-state index contributed by atoms with van der Waals surface area (Å²) in [6, 6.07) is 36.4. The van der Waals surface area contributed by atoms with Crippen LogP contribution in [0, 0.1) is 6.92 Å². The quantitative estimate of drug-likeness (QED) is 0.253. The molecular formula is C33H28N4O2. The lowest BCUT2D eigenvalue weighted by atomic mass is 10.1. The van der Waals surface area contributed by atoms with Crippen LogP contribution in [0.25, 0.3) is 23.0 Å². The molecule has 0 unspecified atom stereocenters. The Kier molecular flexibility index (Phi) is 7.74. The van der Waals surface area contributed by atoms with Crippen LogP contribution >= 0.6 is 0 Å². The van der Waals surface area contributed by atoms with Crippen LogP contribution in [0.2, 0.25) is 0 Å². The largest absolute Gasteiger partial charge is 0.347 e. The van der Waals surface area contributed by atoms with Gasteiger partial charge >= 0.3 is 0 Å². The highest BCUT2D eigenvalue weighted by molar-refractivity contribution is 6.05. The van der Waals surface area contributed by atoms with Gasteiger partial charge in [-0.15, -0.1) is 0 Å². The summed E-state index contributed by atoms with van der Waals surface area (Å²) in [5, 5.41) is 10.6. The fourth-order valence-electron chi connectivity index (χ4n) is 4.11. The first kappa shape index (κ1) is 25.4. The molecule has 1 aromatic heterocycles. The van der Waals surface area contributed by atoms with Gasteiger partial charge in [-0.25, -0.2) is 4.68 Å². The van der Waals surface area contributed by atoms with Crippen molar-refractivity contribution in [1.82, 2.24) is 20.4 Å². The third kappa shape index (κ3) is 6.37. The Morgan fingerprint density at radius 1 is 0.795 bits per heavy atom. The molecule has 0 spiro atoms. The van der Waals surface area contributed by atoms with Crippen molar-refractivity contribution in [3.63, 3.8) is 0 Å². The van der Waals surface area contributed by atoms with Crippen molar-refractivity contribution < 1.29 is 9.59 Å². The van der Waals surface area contributed by atoms with Crippen molar-refractivity contribution >= 4 is 17.9 Å². The number of amides is 2. The number of aryl methyl sites for hydroxylation is 1. The molecule has 0 aliphatic heterocycles. The second-order valence-corrected chi connectivity index (χ2v) is 9.13. The number of carbonyl (C=O) groups excluding carboxylic acids is 2. The summed E-state index contributed by atoms with van der Waals surface area (Å²) in [7, 11) is 0. The van der Waals surface area contributed by atoms with Crippen LogP contribution in [0.3, 0.4) is 0 Å². The Bertz CT molecular complexity index is 1590. The minimum atomic E-state index is -0.397. The van der Waals surface area contributed by atoms with Crippen LogP contribution in [-0.2, 0) is 11.3 Å². The highest BCUT2D eigenvalue weighted by Crippen LogP contribution is 2.25. The summed E-state index contributed by atoms with van der Waals surface area (Å²) in [4.78, 5) is 26.6. The zero-order chi connectivity index (χ0) is 27.0. The Hall–Kier alpha value is -5.23. The number of aromatic nitrogens is 2. The maximum Gasteiger partial charge on any atom is 0.268 e. The SMILES string of the molecule is Cc1ccc(C(=O)N/C(=C\c2cn(-c3ccccc3)nc2-c2ccccc2)C(=O)NCc2ccccc2)cc1. The fraction of sp³-hybridized carbons (Fsp3) is 0.0606. The van der Waals surface area contributed by atoms with Gasteiger partial charge in [0.15, 0.2) is 0 Å². The molecule has 0 aliphatic rings. The Labute approximate surface area is 227 Å². The van der Waals surface area contributed by atoms with E-state index in [0.29, 0.717) is 23.4 Å². The van der Waals surface area contributed by atoms with Gasteiger partial charge < -0.3 is 10.6 Å². The van der Waals surface area contributed by atoms with Gasteiger partial charge in [-0.3, -0.25) is 9.59 Å². The van der Waals surface area contributed by atoms with Crippen LogP contribution < -0.4 is 10.6 Å². The van der Waals surface area contributed by atoms with Gasteiger partial charge in [0.1, 0.15) is 11.4 Å². The van der Waals surface area contributed by atoms with Crippen molar-refractivity contribution in [1.29, 1.82) is 0 Å². The van der Waals surface area contributed by atoms with Crippen molar-refractivity contribution in [3.8, 4) is 16.9 Å². The molecule has 0 fully saturated rings. The van der Waals surface area contributed by atoms with Gasteiger partial charge in [0.25, 0.3) is 11.8 Å². The van der Waals surface area contributed by atoms with E-state index in [-0.39, 0.29) is 11.6 Å². The van der Waals surface area contributed by atoms with E-state index in [0.717, 1.165) is 22.4 Å². The first-order valence-electron chi connectivity index (χ1n) is 12.7. The molecule has 192 valence electrons. The Morgan fingerprint density at radius 2 is 1.41 bits per heavy atom. The molecule has 6 nitrogen and oxygen atoms in total. The normalized spacial score (nSPS) is 11.2. The molecule has 0 radical (unpaired) electrons. The van der Waals surface area contributed by atoms with Crippen LogP contribution in [0.15, 0.2) is 127 Å². The minimum Gasteiger partial charge on any atom is -0.347 e. The first-order valence-corrected chi connectivity index (χ1v) is 12.7. The number of benzene rings is 4. The predicted octanol–water partition coefficient (Wildman–Crippen LogP) is 5.94. The van der Waals surface area contributed by atoms with E-state index in [1.54, 1.807) is 22.9 Å². The minimum absolute atomic E-state index is 0.126. The van der Waals surface area contributed by atoms with E-state index in [1.807, 2.05) is 116 Å². The van der Waals surface area contributed by atoms with E-state index >= 15 is 0 Å². The number of para-hydroxylation sites is 1. The lowest BCUT2D eigenvalue weighted by molar-refractivity contribution is -0.117. The smallest absolute Gasteiger partial charge is 0.268 e. The number of nitrogens with one attached hydrogen (secondary N) is 2. The Morgan fingerprint density at radius 3 is 2.08 bits per heavy atom. The van der Waals surface area contributed by atoms with Crippen molar-refractivity contribution in [2.24, 2.45) is 0 Å². The predicted molar refractivity (Wildman–Crippen MR) is 154 cm³/mol. The first-order chi connectivity index (χ1) is 19.1. The van der Waals surface area contributed by atoms with Crippen LogP contribution in [0.5, 0.6) is 0 Å². The summed E-state index contributed by atoms with van der Waals surface area (Å²) in [6.45, 7) is 2.28. The van der Waals surface area contributed by atoms with E-state index in [2.05, 4.69) is 10.6 Å². The van der Waals surface area contributed by atoms with E-state index in [1.165, 1.54) is 0 Å². The highest BCUT2D eigenvalue weighted by Gasteiger charge is 2.18. The van der Waals surface area contributed by atoms with Gasteiger partial charge in [0.2, 0.25) is 0 Å². The molecule has 39 heavy (non-hydrogen) atoms. The monoisotopic (exact) mass is 512 g/mol. The number of hydrogen-bond acceptors (Lipinski definition) is 3. The molecule has 2 amide bonds. The van der Waals surface area contributed by atoms with Gasteiger partial charge in [-0.05, 0) is 42.8 Å². The fourth-order valence-corrected chi connectivity index (χ4v) is 4.11. The topological polar surface area (TPSA) is 76.0 Å². The van der Waals surface area contributed by atoms with Crippen molar-refractivity contribution in [2.45, 2.75) is 13.5 Å². The average Bonchev–Trinajstić information content (AvgIpc) is 3.41. The molecule has 0 atom stereocenters. The summed E-state index contributed by atoms with van der Waals surface area (Å²) < 4.78 is 1.77. The summed E-state index contributed by atoms with van der Waals surface area (Å²) in [5.41, 5.74) is 5.75. The third-order valence-corrected chi connectivity index (χ3v) is 6.21. The van der Waals surface area contributed by atoms with Crippen LogP contribution in [0.1, 0.15) is 27.0 Å². The number of carbonyl (C=O) groups is 2. The molecular weight excluding hydrogens is 484 g/mol. The highest BCUT2D eigenvalue weighted by atomic mass is 16.2. The molecule has 0 aliphatic carbocycles. The molecule has 5 rings (SSSR count). The molecule has 0 bridgehead atoms. The number of rotatable bonds is 8. The van der Waals surface area contributed by atoms with Crippen molar-refractivity contribution in [2.75, 3.05) is 0 Å². The number of nitrogens with zero attached hydrogens (tertiary/aromatic N) is 2. The zero-order valence-electron chi connectivity index (χ0n) is 21.5. The molecule has 4 aromatic carbocycles. The second kappa shape index (κ2) is 11.9. The number of hydrogen-bond donors (Lipinski definition) is 2.